The van der Waals surface area contributed by atoms with Crippen LogP contribution in [0.25, 0.3) is 11.3 Å². The summed E-state index contributed by atoms with van der Waals surface area (Å²) < 4.78 is 11.7. The van der Waals surface area contributed by atoms with Gasteiger partial charge in [0.2, 0.25) is 0 Å². The molecule has 1 amide bonds. The van der Waals surface area contributed by atoms with Crippen molar-refractivity contribution in [2.24, 2.45) is 0 Å². The first-order valence-electron chi connectivity index (χ1n) is 10.5. The van der Waals surface area contributed by atoms with Gasteiger partial charge in [0.05, 0.1) is 25.0 Å². The van der Waals surface area contributed by atoms with Crippen LogP contribution in [-0.2, 0) is 16.8 Å². The lowest BCUT2D eigenvalue weighted by atomic mass is 9.79. The summed E-state index contributed by atoms with van der Waals surface area (Å²) in [6, 6.07) is 14.7. The summed E-state index contributed by atoms with van der Waals surface area (Å²) in [6.45, 7) is 1.93. The number of benzene rings is 2. The van der Waals surface area contributed by atoms with Crippen molar-refractivity contribution >= 4 is 5.91 Å². The molecule has 3 heterocycles. The number of carbonyl (C=O) groups is 1. The van der Waals surface area contributed by atoms with Gasteiger partial charge in [-0.15, -0.1) is 0 Å². The van der Waals surface area contributed by atoms with E-state index in [9.17, 15) is 9.90 Å². The largest absolute Gasteiger partial charge is 0.508 e. The zero-order valence-corrected chi connectivity index (χ0v) is 17.4. The fraction of sp³-hybridized carbons (Fsp3) is 0.333. The van der Waals surface area contributed by atoms with Gasteiger partial charge < -0.3 is 19.5 Å². The standard InChI is InChI=1S/C24H25N3O4/c1-30-19-6-7-20-17(14-19)8-13-31-24(20)9-11-27(12-10-24)23(29)22-15-21(25-26-22)16-2-4-18(28)5-3-16/h2-7,14-15,28H,8-13H2,1H3,(H,25,26). The number of phenolic OH excluding ortho intramolecular Hbond substituents is 1. The number of ether oxygens (including phenoxy) is 2. The number of piperidine rings is 1. The topological polar surface area (TPSA) is 87.7 Å². The summed E-state index contributed by atoms with van der Waals surface area (Å²) in [5.41, 5.74) is 4.15. The molecule has 2 aliphatic rings. The second-order valence-corrected chi connectivity index (χ2v) is 8.12. The van der Waals surface area contributed by atoms with Gasteiger partial charge in [-0.05, 0) is 72.9 Å². The van der Waals surface area contributed by atoms with Crippen LogP contribution in [0.3, 0.4) is 0 Å². The van der Waals surface area contributed by atoms with Crippen molar-refractivity contribution in [2.45, 2.75) is 24.9 Å². The van der Waals surface area contributed by atoms with E-state index in [-0.39, 0.29) is 17.3 Å². The highest BCUT2D eigenvalue weighted by molar-refractivity contribution is 5.93. The van der Waals surface area contributed by atoms with Crippen molar-refractivity contribution in [1.82, 2.24) is 15.1 Å². The molecule has 2 N–H and O–H groups in total. The Kier molecular flexibility index (Phi) is 4.90. The second kappa shape index (κ2) is 7.74. The van der Waals surface area contributed by atoms with Crippen molar-refractivity contribution in [3.63, 3.8) is 0 Å². The van der Waals surface area contributed by atoms with Crippen molar-refractivity contribution in [3.8, 4) is 22.8 Å². The zero-order valence-electron chi connectivity index (χ0n) is 17.4. The molecule has 3 aromatic rings. The zero-order chi connectivity index (χ0) is 21.4. The van der Waals surface area contributed by atoms with Gasteiger partial charge in [-0.2, -0.15) is 5.10 Å². The number of likely N-dealkylation sites (tertiary alicyclic amines) is 1. The van der Waals surface area contributed by atoms with E-state index in [1.54, 1.807) is 37.4 Å². The van der Waals surface area contributed by atoms with E-state index in [0.717, 1.165) is 30.6 Å². The van der Waals surface area contributed by atoms with E-state index in [0.29, 0.717) is 31.1 Å². The number of aromatic hydroxyl groups is 1. The van der Waals surface area contributed by atoms with Gasteiger partial charge in [0.1, 0.15) is 17.2 Å². The fourth-order valence-corrected chi connectivity index (χ4v) is 4.65. The monoisotopic (exact) mass is 419 g/mol. The molecule has 0 atom stereocenters. The summed E-state index contributed by atoms with van der Waals surface area (Å²) >= 11 is 0. The Morgan fingerprint density at radius 2 is 1.94 bits per heavy atom. The lowest BCUT2D eigenvalue weighted by molar-refractivity contribution is -0.0935. The van der Waals surface area contributed by atoms with E-state index in [1.165, 1.54) is 11.1 Å². The van der Waals surface area contributed by atoms with Gasteiger partial charge in [-0.25, -0.2) is 0 Å². The first kappa shape index (κ1) is 19.6. The minimum atomic E-state index is -0.332. The first-order chi connectivity index (χ1) is 15.1. The van der Waals surface area contributed by atoms with Crippen LogP contribution in [0.4, 0.5) is 0 Å². The van der Waals surface area contributed by atoms with Gasteiger partial charge in [0.25, 0.3) is 5.91 Å². The summed E-state index contributed by atoms with van der Waals surface area (Å²) in [6.07, 6.45) is 2.40. The molecule has 0 bridgehead atoms. The first-order valence-corrected chi connectivity index (χ1v) is 10.5. The quantitative estimate of drug-likeness (QED) is 0.679. The van der Waals surface area contributed by atoms with Crippen LogP contribution in [0, 0.1) is 0 Å². The summed E-state index contributed by atoms with van der Waals surface area (Å²) in [7, 11) is 1.68. The number of carbonyl (C=O) groups excluding carboxylic acids is 1. The lowest BCUT2D eigenvalue weighted by Gasteiger charge is -2.45. The Hall–Kier alpha value is -3.32. The Labute approximate surface area is 180 Å². The molecule has 7 nitrogen and oxygen atoms in total. The maximum atomic E-state index is 13.1. The van der Waals surface area contributed by atoms with Crippen LogP contribution in [0.15, 0.2) is 48.5 Å². The number of methoxy groups -OCH3 is 1. The van der Waals surface area contributed by atoms with Crippen molar-refractivity contribution in [2.75, 3.05) is 26.8 Å². The molecule has 2 aromatic carbocycles. The van der Waals surface area contributed by atoms with Crippen molar-refractivity contribution in [3.05, 3.63) is 65.4 Å². The van der Waals surface area contributed by atoms with Gasteiger partial charge in [0, 0.05) is 18.7 Å². The molecule has 0 radical (unpaired) electrons. The van der Waals surface area contributed by atoms with Crippen molar-refractivity contribution in [1.29, 1.82) is 0 Å². The molecule has 1 spiro atoms. The average molecular weight is 419 g/mol. The number of nitrogens with one attached hydrogen (secondary N) is 1. The van der Waals surface area contributed by atoms with Crippen LogP contribution < -0.4 is 4.74 Å². The molecule has 5 rings (SSSR count). The average Bonchev–Trinajstić information content (AvgIpc) is 3.30. The van der Waals surface area contributed by atoms with Crippen LogP contribution in [-0.4, -0.2) is 52.9 Å². The summed E-state index contributed by atoms with van der Waals surface area (Å²) in [4.78, 5) is 14.9. The molecule has 1 aromatic heterocycles. The number of hydrogen-bond acceptors (Lipinski definition) is 5. The highest BCUT2D eigenvalue weighted by Crippen LogP contribution is 2.42. The van der Waals surface area contributed by atoms with Gasteiger partial charge in [-0.3, -0.25) is 9.89 Å². The summed E-state index contributed by atoms with van der Waals surface area (Å²) in [5, 5.41) is 16.6. The number of hydrogen-bond donors (Lipinski definition) is 2. The molecular formula is C24H25N3O4. The smallest absolute Gasteiger partial charge is 0.271 e. The number of nitrogens with zero attached hydrogens (tertiary/aromatic N) is 2. The van der Waals surface area contributed by atoms with E-state index < -0.39 is 0 Å². The number of aromatic amines is 1. The Balaban J connectivity index is 1.30. The number of aromatic nitrogens is 2. The molecule has 2 aliphatic heterocycles. The Morgan fingerprint density at radius 1 is 1.16 bits per heavy atom. The maximum absolute atomic E-state index is 13.1. The number of rotatable bonds is 3. The van der Waals surface area contributed by atoms with Crippen LogP contribution >= 0.6 is 0 Å². The maximum Gasteiger partial charge on any atom is 0.271 e. The third-order valence-corrected chi connectivity index (χ3v) is 6.38. The van der Waals surface area contributed by atoms with Crippen molar-refractivity contribution < 1.29 is 19.4 Å². The molecule has 0 unspecified atom stereocenters. The van der Waals surface area contributed by atoms with Gasteiger partial charge in [-0.1, -0.05) is 6.07 Å². The number of phenols is 1. The predicted octanol–water partition coefficient (Wildman–Crippen LogP) is 3.50. The number of fused-ring (bicyclic) bond motifs is 2. The van der Waals surface area contributed by atoms with E-state index in [4.69, 9.17) is 9.47 Å². The Bertz CT molecular complexity index is 1100. The van der Waals surface area contributed by atoms with Gasteiger partial charge >= 0.3 is 0 Å². The molecule has 31 heavy (non-hydrogen) atoms. The molecule has 0 aliphatic carbocycles. The van der Waals surface area contributed by atoms with E-state index in [1.807, 2.05) is 11.0 Å². The molecule has 1 saturated heterocycles. The molecule has 0 saturated carbocycles. The number of H-pyrrole nitrogens is 1. The molecule has 1 fully saturated rings. The SMILES string of the molecule is COc1ccc2c(c1)CCOC21CCN(C(=O)c2cc(-c3ccc(O)cc3)n[nH]2)CC1. The number of amides is 1. The predicted molar refractivity (Wildman–Crippen MR) is 115 cm³/mol. The summed E-state index contributed by atoms with van der Waals surface area (Å²) in [5.74, 6) is 1.01. The normalized spacial score (nSPS) is 17.4. The Morgan fingerprint density at radius 3 is 2.68 bits per heavy atom. The molecule has 160 valence electrons. The lowest BCUT2D eigenvalue weighted by Crippen LogP contribution is -2.48. The third-order valence-electron chi connectivity index (χ3n) is 6.38. The van der Waals surface area contributed by atoms with Crippen LogP contribution in [0.1, 0.15) is 34.5 Å². The minimum absolute atomic E-state index is 0.0573. The van der Waals surface area contributed by atoms with Gasteiger partial charge in [0.15, 0.2) is 0 Å². The van der Waals surface area contributed by atoms with E-state index in [2.05, 4.69) is 22.3 Å². The molecule has 7 heteroatoms. The van der Waals surface area contributed by atoms with Crippen LogP contribution in [0.5, 0.6) is 11.5 Å². The third kappa shape index (κ3) is 3.55. The second-order valence-electron chi connectivity index (χ2n) is 8.12. The van der Waals surface area contributed by atoms with Crippen LogP contribution in [0.2, 0.25) is 0 Å². The minimum Gasteiger partial charge on any atom is -0.508 e. The highest BCUT2D eigenvalue weighted by Gasteiger charge is 2.42. The van der Waals surface area contributed by atoms with E-state index >= 15 is 0 Å². The fourth-order valence-electron chi connectivity index (χ4n) is 4.65. The highest BCUT2D eigenvalue weighted by atomic mass is 16.5. The molecular weight excluding hydrogens is 394 g/mol.